The van der Waals surface area contributed by atoms with E-state index in [-0.39, 0.29) is 0 Å². The average molecular weight is 401 g/mol. The van der Waals surface area contributed by atoms with Crippen molar-refractivity contribution in [2.75, 3.05) is 31.1 Å². The molecule has 0 amide bonds. The second-order valence-electron chi connectivity index (χ2n) is 6.99. The van der Waals surface area contributed by atoms with Gasteiger partial charge in [-0.15, -0.1) is 11.3 Å². The van der Waals surface area contributed by atoms with Gasteiger partial charge < -0.3 is 10.2 Å². The zero-order valence-electron chi connectivity index (χ0n) is 16.0. The van der Waals surface area contributed by atoms with Crippen molar-refractivity contribution in [3.8, 4) is 27.6 Å². The molecule has 0 aromatic carbocycles. The summed E-state index contributed by atoms with van der Waals surface area (Å²) in [6, 6.07) is 8.50. The minimum atomic E-state index is 0.554. The van der Waals surface area contributed by atoms with Gasteiger partial charge in [0.15, 0.2) is 0 Å². The first-order valence-electron chi connectivity index (χ1n) is 9.49. The molecule has 0 bridgehead atoms. The highest BCUT2D eigenvalue weighted by molar-refractivity contribution is 7.15. The number of nitrogens with zero attached hydrogens (tertiary/aromatic N) is 6. The van der Waals surface area contributed by atoms with Crippen molar-refractivity contribution in [2.45, 2.75) is 6.92 Å². The molecular formula is C21H19N7S. The van der Waals surface area contributed by atoms with Gasteiger partial charge in [-0.1, -0.05) is 0 Å². The molecule has 0 saturated carbocycles. The van der Waals surface area contributed by atoms with Crippen molar-refractivity contribution < 1.29 is 0 Å². The number of fused-ring (bicyclic) bond motifs is 1. The number of nitrogens with one attached hydrogen (secondary N) is 1. The van der Waals surface area contributed by atoms with E-state index in [4.69, 9.17) is 4.98 Å². The Hall–Kier alpha value is -3.28. The number of rotatable bonds is 3. The quantitative estimate of drug-likeness (QED) is 0.568. The number of pyridine rings is 2. The molecule has 7 nitrogen and oxygen atoms in total. The van der Waals surface area contributed by atoms with Gasteiger partial charge in [0, 0.05) is 61.5 Å². The lowest BCUT2D eigenvalue weighted by atomic mass is 10.0. The summed E-state index contributed by atoms with van der Waals surface area (Å²) in [4.78, 5) is 12.4. The van der Waals surface area contributed by atoms with E-state index >= 15 is 0 Å². The second kappa shape index (κ2) is 7.28. The number of nitriles is 1. The first-order valence-corrected chi connectivity index (χ1v) is 10.3. The van der Waals surface area contributed by atoms with Gasteiger partial charge in [-0.3, -0.25) is 0 Å². The molecule has 1 aliphatic heterocycles. The molecule has 5 heterocycles. The van der Waals surface area contributed by atoms with E-state index in [0.29, 0.717) is 5.56 Å². The lowest BCUT2D eigenvalue weighted by molar-refractivity contribution is 0.585. The fourth-order valence-corrected chi connectivity index (χ4v) is 4.44. The Balaban J connectivity index is 1.62. The number of aryl methyl sites for hydroxylation is 1. The number of hydrogen-bond donors (Lipinski definition) is 1. The van der Waals surface area contributed by atoms with Crippen LogP contribution in [0.4, 0.5) is 5.82 Å². The van der Waals surface area contributed by atoms with Gasteiger partial charge in [0.05, 0.1) is 27.2 Å². The van der Waals surface area contributed by atoms with E-state index in [1.54, 1.807) is 22.0 Å². The van der Waals surface area contributed by atoms with Crippen LogP contribution in [-0.2, 0) is 0 Å². The zero-order chi connectivity index (χ0) is 19.8. The van der Waals surface area contributed by atoms with Crippen molar-refractivity contribution in [1.82, 2.24) is 24.9 Å². The van der Waals surface area contributed by atoms with Crippen molar-refractivity contribution in [3.05, 3.63) is 53.6 Å². The molecule has 0 spiro atoms. The minimum Gasteiger partial charge on any atom is -0.354 e. The Kier molecular flexibility index (Phi) is 4.46. The molecule has 0 unspecified atom stereocenters. The first kappa shape index (κ1) is 17.8. The maximum Gasteiger partial charge on any atom is 0.128 e. The molecule has 4 aromatic heterocycles. The summed E-state index contributed by atoms with van der Waals surface area (Å²) >= 11 is 1.64. The summed E-state index contributed by atoms with van der Waals surface area (Å²) in [6.45, 7) is 5.85. The van der Waals surface area contributed by atoms with E-state index in [1.165, 1.54) is 0 Å². The topological polar surface area (TPSA) is 82.1 Å². The predicted molar refractivity (Wildman–Crippen MR) is 114 cm³/mol. The fraction of sp³-hybridized carbons (Fsp3) is 0.238. The van der Waals surface area contributed by atoms with Gasteiger partial charge in [0.2, 0.25) is 0 Å². The molecule has 1 aliphatic rings. The van der Waals surface area contributed by atoms with E-state index in [2.05, 4.69) is 44.6 Å². The van der Waals surface area contributed by atoms with Crippen LogP contribution in [0.1, 0.15) is 10.6 Å². The largest absolute Gasteiger partial charge is 0.354 e. The summed E-state index contributed by atoms with van der Waals surface area (Å²) < 4.78 is 1.78. The third kappa shape index (κ3) is 3.24. The molecule has 5 rings (SSSR count). The maximum atomic E-state index is 9.56. The van der Waals surface area contributed by atoms with Crippen LogP contribution in [-0.4, -0.2) is 45.8 Å². The standard InChI is InChI=1S/C21H19N7S/c1-14-24-12-19(29-14)16-8-18(21-17(9-22)11-26-28(21)13-16)15-2-3-20(25-10-15)27-6-4-23-5-7-27/h2-3,8,10-13,23H,4-7H2,1H3. The zero-order valence-corrected chi connectivity index (χ0v) is 16.8. The lowest BCUT2D eigenvalue weighted by Gasteiger charge is -2.28. The molecule has 1 fully saturated rings. The van der Waals surface area contributed by atoms with E-state index in [9.17, 15) is 5.26 Å². The first-order chi connectivity index (χ1) is 14.2. The van der Waals surface area contributed by atoms with Gasteiger partial charge in [-0.05, 0) is 25.1 Å². The molecule has 144 valence electrons. The van der Waals surface area contributed by atoms with Crippen molar-refractivity contribution in [1.29, 1.82) is 5.26 Å². The molecule has 0 radical (unpaired) electrons. The van der Waals surface area contributed by atoms with Crippen LogP contribution >= 0.6 is 11.3 Å². The predicted octanol–water partition coefficient (Wildman–Crippen LogP) is 3.11. The third-order valence-electron chi connectivity index (χ3n) is 5.14. The number of anilines is 1. The highest BCUT2D eigenvalue weighted by Gasteiger charge is 2.16. The molecule has 1 N–H and O–H groups in total. The van der Waals surface area contributed by atoms with Crippen LogP contribution in [0.3, 0.4) is 0 Å². The van der Waals surface area contributed by atoms with E-state index in [0.717, 1.165) is 64.1 Å². The fourth-order valence-electron chi connectivity index (χ4n) is 3.68. The maximum absolute atomic E-state index is 9.56. The summed E-state index contributed by atoms with van der Waals surface area (Å²) in [7, 11) is 0. The van der Waals surface area contributed by atoms with Crippen LogP contribution in [0.25, 0.3) is 27.1 Å². The lowest BCUT2D eigenvalue weighted by Crippen LogP contribution is -2.43. The Labute approximate surface area is 172 Å². The van der Waals surface area contributed by atoms with Gasteiger partial charge in [0.1, 0.15) is 11.9 Å². The monoisotopic (exact) mass is 401 g/mol. The molecule has 29 heavy (non-hydrogen) atoms. The number of thiazole rings is 1. The van der Waals surface area contributed by atoms with Gasteiger partial charge in [0.25, 0.3) is 0 Å². The second-order valence-corrected chi connectivity index (χ2v) is 8.23. The number of piperazine rings is 1. The summed E-state index contributed by atoms with van der Waals surface area (Å²) in [5, 5.41) is 18.3. The minimum absolute atomic E-state index is 0.554. The smallest absolute Gasteiger partial charge is 0.128 e. The number of aromatic nitrogens is 4. The SMILES string of the molecule is Cc1ncc(-c2cc(-c3ccc(N4CCNCC4)nc3)c3c(C#N)cnn3c2)s1. The van der Waals surface area contributed by atoms with Crippen LogP contribution in [0.15, 0.2) is 43.0 Å². The van der Waals surface area contributed by atoms with Gasteiger partial charge in [-0.2, -0.15) is 10.4 Å². The summed E-state index contributed by atoms with van der Waals surface area (Å²) in [6.07, 6.45) is 7.34. The van der Waals surface area contributed by atoms with Crippen molar-refractivity contribution >= 4 is 22.7 Å². The van der Waals surface area contributed by atoms with Gasteiger partial charge in [-0.25, -0.2) is 14.5 Å². The Morgan fingerprint density at radius 2 is 1.97 bits per heavy atom. The Morgan fingerprint density at radius 1 is 1.10 bits per heavy atom. The normalized spacial score (nSPS) is 14.3. The Morgan fingerprint density at radius 3 is 2.66 bits per heavy atom. The summed E-state index contributed by atoms with van der Waals surface area (Å²) in [5.74, 6) is 0.981. The number of hydrogen-bond acceptors (Lipinski definition) is 7. The third-order valence-corrected chi connectivity index (χ3v) is 6.10. The highest BCUT2D eigenvalue weighted by Crippen LogP contribution is 2.34. The molecule has 4 aromatic rings. The van der Waals surface area contributed by atoms with Gasteiger partial charge >= 0.3 is 0 Å². The summed E-state index contributed by atoms with van der Waals surface area (Å²) in [5.41, 5.74) is 4.29. The Bertz CT molecular complexity index is 1210. The average Bonchev–Trinajstić information content (AvgIpc) is 3.40. The molecule has 0 atom stereocenters. The molecule has 0 aliphatic carbocycles. The van der Waals surface area contributed by atoms with Crippen LogP contribution in [0.5, 0.6) is 0 Å². The van der Waals surface area contributed by atoms with Crippen molar-refractivity contribution in [3.63, 3.8) is 0 Å². The molecule has 1 saturated heterocycles. The molecule has 8 heteroatoms. The van der Waals surface area contributed by atoms with Crippen LogP contribution < -0.4 is 10.2 Å². The highest BCUT2D eigenvalue weighted by atomic mass is 32.1. The van der Waals surface area contributed by atoms with Crippen molar-refractivity contribution in [2.24, 2.45) is 0 Å². The van der Waals surface area contributed by atoms with Crippen LogP contribution in [0, 0.1) is 18.3 Å². The van der Waals surface area contributed by atoms with E-state index < -0.39 is 0 Å². The van der Waals surface area contributed by atoms with E-state index in [1.807, 2.05) is 25.5 Å². The molecular weight excluding hydrogens is 382 g/mol. The van der Waals surface area contributed by atoms with Crippen LogP contribution in [0.2, 0.25) is 0 Å².